The van der Waals surface area contributed by atoms with Crippen LogP contribution in [0.1, 0.15) is 19.3 Å². The molecule has 1 aliphatic rings. The summed E-state index contributed by atoms with van der Waals surface area (Å²) in [7, 11) is 3.38. The second-order valence-corrected chi connectivity index (χ2v) is 3.89. The van der Waals surface area contributed by atoms with Crippen molar-refractivity contribution in [1.82, 2.24) is 9.97 Å². The molecule has 1 fully saturated rings. The number of rotatable bonds is 6. The average molecular weight is 223 g/mol. The number of methoxy groups -OCH3 is 1. The number of aromatic nitrogens is 2. The molecule has 1 heterocycles. The molecule has 1 saturated carbocycles. The van der Waals surface area contributed by atoms with Crippen LogP contribution in [-0.4, -0.2) is 30.7 Å². The zero-order valence-corrected chi connectivity index (χ0v) is 9.69. The van der Waals surface area contributed by atoms with Gasteiger partial charge in [-0.25, -0.2) is 4.98 Å². The van der Waals surface area contributed by atoms with E-state index in [1.165, 1.54) is 19.2 Å². The molecule has 88 valence electrons. The van der Waals surface area contributed by atoms with Crippen LogP contribution >= 0.6 is 0 Å². The lowest BCUT2D eigenvalue weighted by Crippen LogP contribution is -2.05. The van der Waals surface area contributed by atoms with E-state index in [9.17, 15) is 0 Å². The minimum atomic E-state index is 0.516. The highest BCUT2D eigenvalue weighted by atomic mass is 16.5. The van der Waals surface area contributed by atoms with Gasteiger partial charge < -0.3 is 14.8 Å². The van der Waals surface area contributed by atoms with Gasteiger partial charge in [-0.2, -0.15) is 4.98 Å². The van der Waals surface area contributed by atoms with Crippen molar-refractivity contribution in [3.05, 3.63) is 6.33 Å². The van der Waals surface area contributed by atoms with E-state index in [0.717, 1.165) is 12.3 Å². The van der Waals surface area contributed by atoms with Crippen molar-refractivity contribution in [2.75, 3.05) is 26.1 Å². The molecular formula is C11H17N3O2. The summed E-state index contributed by atoms with van der Waals surface area (Å²) in [6.07, 6.45) is 5.25. The molecule has 5 heteroatoms. The molecule has 1 N–H and O–H groups in total. The second-order valence-electron chi connectivity index (χ2n) is 3.89. The summed E-state index contributed by atoms with van der Waals surface area (Å²) in [5, 5.41) is 2.94. The number of hydrogen-bond acceptors (Lipinski definition) is 5. The minimum absolute atomic E-state index is 0.516. The molecule has 1 aromatic rings. The molecule has 2 rings (SSSR count). The third kappa shape index (κ3) is 2.53. The van der Waals surface area contributed by atoms with Gasteiger partial charge in [0.05, 0.1) is 13.7 Å². The predicted octanol–water partition coefficient (Wildman–Crippen LogP) is 1.71. The van der Waals surface area contributed by atoms with Crippen LogP contribution in [0.25, 0.3) is 0 Å². The first-order valence-electron chi connectivity index (χ1n) is 5.54. The van der Waals surface area contributed by atoms with Gasteiger partial charge in [-0.15, -0.1) is 0 Å². The van der Waals surface area contributed by atoms with Crippen LogP contribution in [0, 0.1) is 5.92 Å². The predicted molar refractivity (Wildman–Crippen MR) is 61.0 cm³/mol. The van der Waals surface area contributed by atoms with Crippen molar-refractivity contribution in [2.24, 2.45) is 5.92 Å². The van der Waals surface area contributed by atoms with E-state index in [-0.39, 0.29) is 0 Å². The molecule has 1 aromatic heterocycles. The molecule has 0 aliphatic heterocycles. The van der Waals surface area contributed by atoms with Gasteiger partial charge in [-0.3, -0.25) is 0 Å². The third-order valence-corrected chi connectivity index (χ3v) is 2.67. The first kappa shape index (κ1) is 11.0. The molecule has 0 spiro atoms. The molecule has 0 atom stereocenters. The number of anilines is 1. The Hall–Kier alpha value is -1.52. The minimum Gasteiger partial charge on any atom is -0.489 e. The van der Waals surface area contributed by atoms with E-state index in [2.05, 4.69) is 15.3 Å². The van der Waals surface area contributed by atoms with Gasteiger partial charge in [0.15, 0.2) is 5.82 Å². The van der Waals surface area contributed by atoms with Gasteiger partial charge in [0.25, 0.3) is 5.88 Å². The van der Waals surface area contributed by atoms with Crippen LogP contribution in [0.15, 0.2) is 6.33 Å². The van der Waals surface area contributed by atoms with Crippen LogP contribution in [0.3, 0.4) is 0 Å². The Balaban J connectivity index is 1.99. The number of nitrogens with one attached hydrogen (secondary N) is 1. The molecule has 0 amide bonds. The summed E-state index contributed by atoms with van der Waals surface area (Å²) >= 11 is 0. The number of ether oxygens (including phenoxy) is 2. The summed E-state index contributed by atoms with van der Waals surface area (Å²) in [6.45, 7) is 0.696. The zero-order valence-electron chi connectivity index (χ0n) is 9.69. The first-order chi connectivity index (χ1) is 7.85. The van der Waals surface area contributed by atoms with E-state index in [1.807, 2.05) is 0 Å². The van der Waals surface area contributed by atoms with Crippen molar-refractivity contribution >= 4 is 5.82 Å². The number of hydrogen-bond donors (Lipinski definition) is 1. The van der Waals surface area contributed by atoms with Gasteiger partial charge in [-0.05, 0) is 12.3 Å². The maximum atomic E-state index is 5.61. The fourth-order valence-electron chi connectivity index (χ4n) is 1.55. The molecule has 0 bridgehead atoms. The van der Waals surface area contributed by atoms with Crippen molar-refractivity contribution in [2.45, 2.75) is 19.3 Å². The van der Waals surface area contributed by atoms with E-state index in [4.69, 9.17) is 9.47 Å². The molecule has 0 radical (unpaired) electrons. The third-order valence-electron chi connectivity index (χ3n) is 2.67. The summed E-state index contributed by atoms with van der Waals surface area (Å²) in [5.74, 6) is 2.60. The summed E-state index contributed by atoms with van der Waals surface area (Å²) < 4.78 is 10.8. The standard InChI is InChI=1S/C11H17N3O2/c1-12-10-9(15-2)11(14-7-13-10)16-6-5-8-3-4-8/h7-8H,3-6H2,1-2H3,(H,12,13,14). The second kappa shape index (κ2) is 5.01. The van der Waals surface area contributed by atoms with E-state index in [0.29, 0.717) is 24.1 Å². The van der Waals surface area contributed by atoms with Gasteiger partial charge >= 0.3 is 0 Å². The maximum Gasteiger partial charge on any atom is 0.262 e. The van der Waals surface area contributed by atoms with Gasteiger partial charge in [0, 0.05) is 7.05 Å². The zero-order chi connectivity index (χ0) is 11.4. The van der Waals surface area contributed by atoms with Gasteiger partial charge in [0.2, 0.25) is 5.75 Å². The first-order valence-corrected chi connectivity index (χ1v) is 5.54. The summed E-state index contributed by atoms with van der Waals surface area (Å²) in [5.41, 5.74) is 0. The van der Waals surface area contributed by atoms with Crippen LogP contribution < -0.4 is 14.8 Å². The van der Waals surface area contributed by atoms with Crippen molar-refractivity contribution in [3.8, 4) is 11.6 Å². The molecule has 0 saturated heterocycles. The van der Waals surface area contributed by atoms with E-state index < -0.39 is 0 Å². The Labute approximate surface area is 95.2 Å². The Morgan fingerprint density at radius 1 is 1.44 bits per heavy atom. The SMILES string of the molecule is CNc1ncnc(OCCC2CC2)c1OC. The Morgan fingerprint density at radius 2 is 2.25 bits per heavy atom. The van der Waals surface area contributed by atoms with Crippen molar-refractivity contribution < 1.29 is 9.47 Å². The van der Waals surface area contributed by atoms with E-state index in [1.54, 1.807) is 14.2 Å². The highest BCUT2D eigenvalue weighted by Crippen LogP contribution is 2.34. The highest BCUT2D eigenvalue weighted by Gasteiger charge is 2.21. The molecule has 0 unspecified atom stereocenters. The van der Waals surface area contributed by atoms with Crippen LogP contribution in [0.5, 0.6) is 11.6 Å². The van der Waals surface area contributed by atoms with Crippen LogP contribution in [0.2, 0.25) is 0 Å². The molecule has 1 aliphatic carbocycles. The molecule has 16 heavy (non-hydrogen) atoms. The highest BCUT2D eigenvalue weighted by molar-refractivity contribution is 5.54. The van der Waals surface area contributed by atoms with Crippen molar-refractivity contribution in [3.63, 3.8) is 0 Å². The lowest BCUT2D eigenvalue weighted by Gasteiger charge is -2.11. The lowest BCUT2D eigenvalue weighted by molar-refractivity contribution is 0.271. The normalized spacial score (nSPS) is 14.6. The largest absolute Gasteiger partial charge is 0.489 e. The summed E-state index contributed by atoms with van der Waals surface area (Å²) in [4.78, 5) is 8.13. The van der Waals surface area contributed by atoms with Crippen molar-refractivity contribution in [1.29, 1.82) is 0 Å². The average Bonchev–Trinajstić information content (AvgIpc) is 3.12. The van der Waals surface area contributed by atoms with Crippen LogP contribution in [0.4, 0.5) is 5.82 Å². The Bertz CT molecular complexity index is 353. The fourth-order valence-corrected chi connectivity index (χ4v) is 1.55. The molecular weight excluding hydrogens is 206 g/mol. The monoisotopic (exact) mass is 223 g/mol. The topological polar surface area (TPSA) is 56.3 Å². The smallest absolute Gasteiger partial charge is 0.262 e. The number of nitrogens with zero attached hydrogens (tertiary/aromatic N) is 2. The lowest BCUT2D eigenvalue weighted by atomic mass is 10.3. The molecule has 5 nitrogen and oxygen atoms in total. The quantitative estimate of drug-likeness (QED) is 0.795. The van der Waals surface area contributed by atoms with Gasteiger partial charge in [0.1, 0.15) is 6.33 Å². The molecule has 0 aromatic carbocycles. The van der Waals surface area contributed by atoms with Crippen LogP contribution in [-0.2, 0) is 0 Å². The van der Waals surface area contributed by atoms with Gasteiger partial charge in [-0.1, -0.05) is 12.8 Å². The van der Waals surface area contributed by atoms with E-state index >= 15 is 0 Å². The Kier molecular flexibility index (Phi) is 3.44. The fraction of sp³-hybridized carbons (Fsp3) is 0.636. The Morgan fingerprint density at radius 3 is 2.88 bits per heavy atom. The summed E-state index contributed by atoms with van der Waals surface area (Å²) in [6, 6.07) is 0. The maximum absolute atomic E-state index is 5.61.